The van der Waals surface area contributed by atoms with E-state index in [0.29, 0.717) is 5.56 Å². The smallest absolute Gasteiger partial charge is 0.340 e. The van der Waals surface area contributed by atoms with Crippen molar-refractivity contribution in [1.82, 2.24) is 0 Å². The van der Waals surface area contributed by atoms with E-state index in [1.807, 2.05) is 37.6 Å². The van der Waals surface area contributed by atoms with Crippen molar-refractivity contribution < 1.29 is 9.53 Å². The van der Waals surface area contributed by atoms with Gasteiger partial charge in [0, 0.05) is 10.8 Å². The summed E-state index contributed by atoms with van der Waals surface area (Å²) in [6.45, 7) is 5.63. The average Bonchev–Trinajstić information content (AvgIpc) is 2.57. The molecule has 0 radical (unpaired) electrons. The third kappa shape index (κ3) is 2.21. The average molecular weight is 240 g/mol. The van der Waals surface area contributed by atoms with Crippen LogP contribution in [0.4, 0.5) is 0 Å². The van der Waals surface area contributed by atoms with E-state index in [1.165, 1.54) is 4.01 Å². The van der Waals surface area contributed by atoms with Gasteiger partial charge in [-0.15, -0.1) is 22.7 Å². The Kier molecular flexibility index (Phi) is 2.56. The highest BCUT2D eigenvalue weighted by Gasteiger charge is 2.20. The van der Waals surface area contributed by atoms with E-state index in [0.717, 1.165) is 5.39 Å². The first-order valence-electron chi connectivity index (χ1n) is 4.65. The molecular weight excluding hydrogens is 228 g/mol. The van der Waals surface area contributed by atoms with Crippen molar-refractivity contribution in [2.45, 2.75) is 26.4 Å². The summed E-state index contributed by atoms with van der Waals surface area (Å²) in [7, 11) is 0. The first-order chi connectivity index (χ1) is 6.97. The molecule has 0 aliphatic carbocycles. The van der Waals surface area contributed by atoms with Gasteiger partial charge in [-0.05, 0) is 32.2 Å². The van der Waals surface area contributed by atoms with Crippen molar-refractivity contribution in [2.24, 2.45) is 0 Å². The molecule has 2 rings (SSSR count). The summed E-state index contributed by atoms with van der Waals surface area (Å²) in [5, 5.41) is 4.88. The van der Waals surface area contributed by atoms with Gasteiger partial charge >= 0.3 is 5.97 Å². The Morgan fingerprint density at radius 2 is 2.07 bits per heavy atom. The van der Waals surface area contributed by atoms with Gasteiger partial charge in [-0.2, -0.15) is 0 Å². The van der Waals surface area contributed by atoms with Crippen LogP contribution in [0, 0.1) is 0 Å². The van der Waals surface area contributed by atoms with Crippen LogP contribution in [-0.4, -0.2) is 11.6 Å². The topological polar surface area (TPSA) is 26.3 Å². The maximum Gasteiger partial charge on any atom is 0.340 e. The zero-order valence-corrected chi connectivity index (χ0v) is 10.5. The molecule has 0 amide bonds. The lowest BCUT2D eigenvalue weighted by Gasteiger charge is -2.18. The predicted molar refractivity (Wildman–Crippen MR) is 64.9 cm³/mol. The first-order valence-corrected chi connectivity index (χ1v) is 6.41. The minimum Gasteiger partial charge on any atom is -0.456 e. The molecule has 0 unspecified atom stereocenters. The van der Waals surface area contributed by atoms with Crippen molar-refractivity contribution in [3.05, 3.63) is 22.4 Å². The highest BCUT2D eigenvalue weighted by Crippen LogP contribution is 2.31. The second-order valence-electron chi connectivity index (χ2n) is 4.27. The first kappa shape index (κ1) is 10.6. The van der Waals surface area contributed by atoms with E-state index < -0.39 is 5.60 Å². The molecule has 0 spiro atoms. The largest absolute Gasteiger partial charge is 0.456 e. The predicted octanol–water partition coefficient (Wildman–Crippen LogP) is 3.92. The molecule has 0 bridgehead atoms. The van der Waals surface area contributed by atoms with E-state index in [1.54, 1.807) is 22.7 Å². The Labute approximate surface area is 96.5 Å². The molecule has 2 aromatic rings. The maximum absolute atomic E-state index is 11.8. The molecule has 0 saturated heterocycles. The molecule has 2 aromatic heterocycles. The minimum absolute atomic E-state index is 0.229. The highest BCUT2D eigenvalue weighted by atomic mass is 32.2. The molecule has 15 heavy (non-hydrogen) atoms. The zero-order chi connectivity index (χ0) is 11.1. The lowest BCUT2D eigenvalue weighted by molar-refractivity contribution is 0.00724. The molecule has 0 aliphatic heterocycles. The Morgan fingerprint density at radius 1 is 1.33 bits per heavy atom. The number of esters is 1. The molecule has 2 heterocycles. The zero-order valence-electron chi connectivity index (χ0n) is 8.87. The monoisotopic (exact) mass is 240 g/mol. The van der Waals surface area contributed by atoms with E-state index in [4.69, 9.17) is 4.74 Å². The van der Waals surface area contributed by atoms with Crippen LogP contribution in [0.25, 0.3) is 9.40 Å². The number of ether oxygens (including phenoxy) is 1. The number of hydrogen-bond donors (Lipinski definition) is 0. The summed E-state index contributed by atoms with van der Waals surface area (Å²) < 4.78 is 6.51. The highest BCUT2D eigenvalue weighted by molar-refractivity contribution is 7.37. The fraction of sp³-hybridized carbons (Fsp3) is 0.364. The maximum atomic E-state index is 11.8. The molecule has 0 atom stereocenters. The molecule has 0 saturated carbocycles. The van der Waals surface area contributed by atoms with E-state index in [-0.39, 0.29) is 5.97 Å². The summed E-state index contributed by atoms with van der Waals surface area (Å²) >= 11 is 3.25. The molecule has 2 nitrogen and oxygen atoms in total. The second kappa shape index (κ2) is 3.61. The van der Waals surface area contributed by atoms with Crippen LogP contribution in [0.15, 0.2) is 16.8 Å². The molecule has 80 valence electrons. The molecular formula is C11H12O2S2. The molecule has 0 aromatic carbocycles. The summed E-state index contributed by atoms with van der Waals surface area (Å²) in [6, 6.07) is 1.97. The lowest BCUT2D eigenvalue weighted by atomic mass is 10.2. The number of thiophene rings is 2. The fourth-order valence-electron chi connectivity index (χ4n) is 1.25. The number of carbonyl (C=O) groups excluding carboxylic acids is 1. The van der Waals surface area contributed by atoms with Gasteiger partial charge in [0.25, 0.3) is 0 Å². The molecule has 0 fully saturated rings. The van der Waals surface area contributed by atoms with Gasteiger partial charge in [0.15, 0.2) is 0 Å². The number of hydrogen-bond acceptors (Lipinski definition) is 4. The van der Waals surface area contributed by atoms with Crippen LogP contribution >= 0.6 is 22.7 Å². The Balaban J connectivity index is 2.32. The SMILES string of the molecule is CC(C)(C)OC(=O)c1csc2sccc12. The van der Waals surface area contributed by atoms with Crippen molar-refractivity contribution >= 4 is 38.0 Å². The van der Waals surface area contributed by atoms with E-state index in [9.17, 15) is 4.79 Å². The van der Waals surface area contributed by atoms with Crippen molar-refractivity contribution in [3.8, 4) is 0 Å². The second-order valence-corrected chi connectivity index (χ2v) is 6.33. The van der Waals surface area contributed by atoms with Crippen molar-refractivity contribution in [3.63, 3.8) is 0 Å². The van der Waals surface area contributed by atoms with Gasteiger partial charge in [0.1, 0.15) is 5.60 Å². The number of carbonyl (C=O) groups is 1. The molecule has 4 heteroatoms. The lowest BCUT2D eigenvalue weighted by Crippen LogP contribution is -2.23. The van der Waals surface area contributed by atoms with Gasteiger partial charge in [0.05, 0.1) is 9.58 Å². The Hall–Kier alpha value is -0.870. The van der Waals surface area contributed by atoms with Crippen LogP contribution in [0.1, 0.15) is 31.1 Å². The van der Waals surface area contributed by atoms with Crippen molar-refractivity contribution in [2.75, 3.05) is 0 Å². The third-order valence-corrected chi connectivity index (χ3v) is 3.89. The van der Waals surface area contributed by atoms with Crippen LogP contribution < -0.4 is 0 Å². The minimum atomic E-state index is -0.429. The summed E-state index contributed by atoms with van der Waals surface area (Å²) in [6.07, 6.45) is 0. The quantitative estimate of drug-likeness (QED) is 0.706. The normalized spacial score (nSPS) is 11.9. The van der Waals surface area contributed by atoms with Crippen LogP contribution in [0.3, 0.4) is 0 Å². The molecule has 0 aliphatic rings. The van der Waals surface area contributed by atoms with Gasteiger partial charge in [-0.1, -0.05) is 0 Å². The van der Waals surface area contributed by atoms with Gasteiger partial charge in [0.2, 0.25) is 0 Å². The molecule has 0 N–H and O–H groups in total. The number of fused-ring (bicyclic) bond motifs is 1. The van der Waals surface area contributed by atoms with Crippen molar-refractivity contribution in [1.29, 1.82) is 0 Å². The van der Waals surface area contributed by atoms with E-state index in [2.05, 4.69) is 0 Å². The fourth-order valence-corrected chi connectivity index (χ4v) is 3.17. The summed E-state index contributed by atoms with van der Waals surface area (Å²) in [5.74, 6) is -0.229. The Bertz CT molecular complexity index is 488. The Morgan fingerprint density at radius 3 is 2.73 bits per heavy atom. The van der Waals surface area contributed by atoms with Gasteiger partial charge in [-0.3, -0.25) is 0 Å². The van der Waals surface area contributed by atoms with E-state index >= 15 is 0 Å². The van der Waals surface area contributed by atoms with Gasteiger partial charge < -0.3 is 4.74 Å². The summed E-state index contributed by atoms with van der Waals surface area (Å²) in [5.41, 5.74) is 0.257. The van der Waals surface area contributed by atoms with Crippen LogP contribution in [-0.2, 0) is 4.74 Å². The standard InChI is InChI=1S/C11H12O2S2/c1-11(2,3)13-9(12)8-6-15-10-7(8)4-5-14-10/h4-6H,1-3H3. The van der Waals surface area contributed by atoms with Crippen LogP contribution in [0.5, 0.6) is 0 Å². The number of rotatable bonds is 1. The van der Waals surface area contributed by atoms with Crippen LogP contribution in [0.2, 0.25) is 0 Å². The third-order valence-electron chi connectivity index (χ3n) is 1.82. The summed E-state index contributed by atoms with van der Waals surface area (Å²) in [4.78, 5) is 11.8. The van der Waals surface area contributed by atoms with Gasteiger partial charge in [-0.25, -0.2) is 4.79 Å².